The average Bonchev–Trinajstić information content (AvgIpc) is 2.03. The Morgan fingerprint density at radius 3 is 2.00 bits per heavy atom. The second-order valence-electron chi connectivity index (χ2n) is 2.32. The zero-order chi connectivity index (χ0) is 9.90. The van der Waals surface area contributed by atoms with Crippen LogP contribution in [0.1, 0.15) is 5.56 Å². The molecule has 14 heavy (non-hydrogen) atoms. The second kappa shape index (κ2) is 4.95. The van der Waals surface area contributed by atoms with Crippen LogP contribution in [0.3, 0.4) is 0 Å². The first-order valence-corrected chi connectivity index (χ1v) is 3.49. The van der Waals surface area contributed by atoms with Crippen LogP contribution in [0.2, 0.25) is 0 Å². The third-order valence-electron chi connectivity index (χ3n) is 1.35. The highest BCUT2D eigenvalue weighted by Crippen LogP contribution is 2.22. The summed E-state index contributed by atoms with van der Waals surface area (Å²) in [5, 5.41) is 0. The Kier molecular flexibility index (Phi) is 4.56. The zero-order valence-electron chi connectivity index (χ0n) is 7.14. The highest BCUT2D eigenvalue weighted by atomic mass is 32.1. The topological polar surface area (TPSA) is 9.23 Å². The molecule has 1 rings (SSSR count). The van der Waals surface area contributed by atoms with Crippen molar-refractivity contribution in [3.63, 3.8) is 0 Å². The normalized spacial score (nSPS) is 10.2. The molecule has 1 aromatic rings. The number of hydrogen-bond donors (Lipinski definition) is 0. The van der Waals surface area contributed by atoms with Gasteiger partial charge in [0, 0.05) is 0 Å². The van der Waals surface area contributed by atoms with Crippen LogP contribution in [-0.4, -0.2) is 6.36 Å². The van der Waals surface area contributed by atoms with Crippen LogP contribution in [0.5, 0.6) is 5.75 Å². The van der Waals surface area contributed by atoms with Crippen molar-refractivity contribution in [2.75, 3.05) is 0 Å². The molecule has 1 aromatic carbocycles. The number of hydrogen-bond acceptors (Lipinski definition) is 1. The van der Waals surface area contributed by atoms with Crippen LogP contribution in [0.25, 0.3) is 6.08 Å². The van der Waals surface area contributed by atoms with E-state index >= 15 is 0 Å². The van der Waals surface area contributed by atoms with E-state index in [4.69, 9.17) is 0 Å². The van der Waals surface area contributed by atoms with Crippen molar-refractivity contribution in [3.05, 3.63) is 36.4 Å². The molecule has 0 amide bonds. The van der Waals surface area contributed by atoms with E-state index in [0.29, 0.717) is 0 Å². The van der Waals surface area contributed by atoms with Gasteiger partial charge < -0.3 is 4.74 Å². The Hall–Kier alpha value is -1.10. The third-order valence-corrected chi connectivity index (χ3v) is 1.35. The van der Waals surface area contributed by atoms with E-state index in [1.54, 1.807) is 0 Å². The van der Waals surface area contributed by atoms with Crippen molar-refractivity contribution >= 4 is 19.6 Å². The van der Waals surface area contributed by atoms with Crippen molar-refractivity contribution in [1.29, 1.82) is 0 Å². The van der Waals surface area contributed by atoms with Crippen LogP contribution in [0.4, 0.5) is 13.2 Å². The largest absolute Gasteiger partial charge is 0.573 e. The maximum Gasteiger partial charge on any atom is 0.573 e. The molecule has 0 saturated heterocycles. The summed E-state index contributed by atoms with van der Waals surface area (Å²) in [6.07, 6.45) is -3.09. The molecule has 0 aliphatic carbocycles. The maximum absolute atomic E-state index is 11.7. The molecule has 0 aliphatic heterocycles. The predicted octanol–water partition coefficient (Wildman–Crippen LogP) is 3.34. The van der Waals surface area contributed by atoms with Gasteiger partial charge in [-0.05, 0) is 17.7 Å². The van der Waals surface area contributed by atoms with Crippen molar-refractivity contribution in [2.45, 2.75) is 6.36 Å². The summed E-state index contributed by atoms with van der Waals surface area (Å²) in [5.41, 5.74) is 0.745. The molecule has 0 N–H and O–H groups in total. The smallest absolute Gasteiger partial charge is 0.406 e. The van der Waals surface area contributed by atoms with Crippen LogP contribution in [0, 0.1) is 0 Å². The number of alkyl halides is 3. The first-order valence-electron chi connectivity index (χ1n) is 3.49. The zero-order valence-corrected chi connectivity index (χ0v) is 8.14. The predicted molar refractivity (Wildman–Crippen MR) is 53.6 cm³/mol. The van der Waals surface area contributed by atoms with Gasteiger partial charge in [-0.1, -0.05) is 24.8 Å². The molecule has 0 fully saturated rings. The third kappa shape index (κ3) is 4.23. The number of benzene rings is 1. The second-order valence-corrected chi connectivity index (χ2v) is 2.32. The van der Waals surface area contributed by atoms with Gasteiger partial charge >= 0.3 is 6.36 Å². The number of rotatable bonds is 2. The lowest BCUT2D eigenvalue weighted by molar-refractivity contribution is -0.274. The Balaban J connectivity index is 0.00000169. The first kappa shape index (κ1) is 12.9. The number of ether oxygens (including phenoxy) is 1. The molecule has 0 unspecified atom stereocenters. The van der Waals surface area contributed by atoms with E-state index < -0.39 is 6.36 Å². The minimum atomic E-state index is -4.63. The van der Waals surface area contributed by atoms with Crippen LogP contribution in [-0.2, 0) is 0 Å². The van der Waals surface area contributed by atoms with E-state index in [1.165, 1.54) is 30.3 Å². The van der Waals surface area contributed by atoms with Gasteiger partial charge in [0.05, 0.1) is 0 Å². The van der Waals surface area contributed by atoms with E-state index in [2.05, 4.69) is 11.3 Å². The standard InChI is InChI=1S/C9H7F3O.H2S/c1-2-7-3-5-8(6-4-7)13-9(10,11)12;/h2-6H,1H2;1H2. The van der Waals surface area contributed by atoms with E-state index in [1.807, 2.05) is 0 Å². The molecule has 0 radical (unpaired) electrons. The van der Waals surface area contributed by atoms with Crippen molar-refractivity contribution in [1.82, 2.24) is 0 Å². The lowest BCUT2D eigenvalue weighted by Gasteiger charge is -2.08. The highest BCUT2D eigenvalue weighted by Gasteiger charge is 2.30. The Morgan fingerprint density at radius 1 is 1.14 bits per heavy atom. The van der Waals surface area contributed by atoms with Gasteiger partial charge in [0.1, 0.15) is 5.75 Å². The fraction of sp³-hybridized carbons (Fsp3) is 0.111. The first-order chi connectivity index (χ1) is 6.01. The fourth-order valence-electron chi connectivity index (χ4n) is 0.806. The maximum atomic E-state index is 11.7. The molecule has 0 atom stereocenters. The SMILES string of the molecule is C=Cc1ccc(OC(F)(F)F)cc1.S. The Morgan fingerprint density at radius 2 is 1.64 bits per heavy atom. The van der Waals surface area contributed by atoms with E-state index in [-0.39, 0.29) is 19.2 Å². The summed E-state index contributed by atoms with van der Waals surface area (Å²) in [6, 6.07) is 5.47. The molecule has 0 aromatic heterocycles. The van der Waals surface area contributed by atoms with Gasteiger partial charge in [0.2, 0.25) is 0 Å². The Bertz CT molecular complexity index is 292. The van der Waals surface area contributed by atoms with Crippen LogP contribution < -0.4 is 4.74 Å². The van der Waals surface area contributed by atoms with Gasteiger partial charge in [0.25, 0.3) is 0 Å². The molecule has 0 aliphatic rings. The minimum absolute atomic E-state index is 0. The average molecular weight is 222 g/mol. The molecule has 5 heteroatoms. The highest BCUT2D eigenvalue weighted by molar-refractivity contribution is 7.59. The van der Waals surface area contributed by atoms with E-state index in [9.17, 15) is 13.2 Å². The van der Waals surface area contributed by atoms with Crippen LogP contribution in [0.15, 0.2) is 30.8 Å². The van der Waals surface area contributed by atoms with Crippen molar-refractivity contribution in [2.24, 2.45) is 0 Å². The van der Waals surface area contributed by atoms with Crippen molar-refractivity contribution in [3.8, 4) is 5.75 Å². The van der Waals surface area contributed by atoms with Gasteiger partial charge in [0.15, 0.2) is 0 Å². The molecule has 0 heterocycles. The molecule has 0 spiro atoms. The minimum Gasteiger partial charge on any atom is -0.406 e. The fourth-order valence-corrected chi connectivity index (χ4v) is 0.806. The van der Waals surface area contributed by atoms with Crippen molar-refractivity contribution < 1.29 is 17.9 Å². The van der Waals surface area contributed by atoms with Gasteiger partial charge in [-0.15, -0.1) is 13.2 Å². The van der Waals surface area contributed by atoms with E-state index in [0.717, 1.165) is 5.56 Å². The van der Waals surface area contributed by atoms with Gasteiger partial charge in [-0.25, -0.2) is 0 Å². The van der Waals surface area contributed by atoms with Crippen LogP contribution >= 0.6 is 13.5 Å². The quantitative estimate of drug-likeness (QED) is 0.745. The Labute approximate surface area is 86.6 Å². The summed E-state index contributed by atoms with van der Waals surface area (Å²) in [5.74, 6) is -0.224. The monoisotopic (exact) mass is 222 g/mol. The molecule has 0 saturated carbocycles. The molecule has 0 bridgehead atoms. The van der Waals surface area contributed by atoms with Gasteiger partial charge in [-0.2, -0.15) is 13.5 Å². The summed E-state index contributed by atoms with van der Waals surface area (Å²) in [4.78, 5) is 0. The molecular formula is C9H9F3OS. The molecular weight excluding hydrogens is 213 g/mol. The lowest BCUT2D eigenvalue weighted by Crippen LogP contribution is -2.16. The number of halogens is 3. The summed E-state index contributed by atoms with van der Waals surface area (Å²) < 4.78 is 38.7. The lowest BCUT2D eigenvalue weighted by atomic mass is 10.2. The summed E-state index contributed by atoms with van der Waals surface area (Å²) in [7, 11) is 0. The summed E-state index contributed by atoms with van der Waals surface area (Å²) in [6.45, 7) is 3.47. The summed E-state index contributed by atoms with van der Waals surface area (Å²) >= 11 is 0. The molecule has 78 valence electrons. The molecule has 1 nitrogen and oxygen atoms in total. The van der Waals surface area contributed by atoms with Gasteiger partial charge in [-0.3, -0.25) is 0 Å².